The third kappa shape index (κ3) is 10.0. The zero-order chi connectivity index (χ0) is 32.5. The third-order valence-corrected chi connectivity index (χ3v) is 7.24. The maximum Gasteiger partial charge on any atom is 0.354 e. The molecule has 0 aliphatic carbocycles. The van der Waals surface area contributed by atoms with Crippen molar-refractivity contribution in [3.8, 4) is 5.69 Å². The minimum absolute atomic E-state index is 0.0352. The van der Waals surface area contributed by atoms with E-state index in [-0.39, 0.29) is 22.5 Å². The lowest BCUT2D eigenvalue weighted by Crippen LogP contribution is -2.23. The largest absolute Gasteiger partial charge is 0.388 e. The summed E-state index contributed by atoms with van der Waals surface area (Å²) < 4.78 is 1.58. The number of nitrogens with one attached hydrogen (secondary N) is 2. The van der Waals surface area contributed by atoms with Gasteiger partial charge in [-0.3, -0.25) is 9.56 Å². The average molecular weight is 603 g/mol. The number of hydrogen-bond donors (Lipinski definition) is 6. The number of aliphatic imine (C=N–C) groups is 1. The molecule has 2 heterocycles. The van der Waals surface area contributed by atoms with E-state index in [9.17, 15) is 9.90 Å². The van der Waals surface area contributed by atoms with Crippen LogP contribution in [0.5, 0.6) is 0 Å². The monoisotopic (exact) mass is 602 g/mol. The molecule has 2 aromatic carbocycles. The van der Waals surface area contributed by atoms with Gasteiger partial charge in [0.15, 0.2) is 5.96 Å². The van der Waals surface area contributed by atoms with Crippen molar-refractivity contribution >= 4 is 17.0 Å². The molecular formula is C34H50N8O2. The van der Waals surface area contributed by atoms with Crippen molar-refractivity contribution in [3.05, 3.63) is 93.7 Å². The van der Waals surface area contributed by atoms with Crippen molar-refractivity contribution < 1.29 is 5.11 Å². The maximum absolute atomic E-state index is 12.5. The molecule has 44 heavy (non-hydrogen) atoms. The van der Waals surface area contributed by atoms with E-state index in [1.807, 2.05) is 42.6 Å². The van der Waals surface area contributed by atoms with Crippen molar-refractivity contribution in [1.29, 1.82) is 0 Å². The van der Waals surface area contributed by atoms with E-state index in [0.717, 1.165) is 47.4 Å². The molecule has 0 saturated heterocycles. The Hall–Kier alpha value is -3.99. The van der Waals surface area contributed by atoms with Gasteiger partial charge in [0.25, 0.3) is 0 Å². The van der Waals surface area contributed by atoms with Crippen LogP contribution in [0.3, 0.4) is 0 Å². The smallest absolute Gasteiger partial charge is 0.354 e. The highest BCUT2D eigenvalue weighted by Crippen LogP contribution is 2.26. The highest BCUT2D eigenvalue weighted by molar-refractivity contribution is 5.76. The standard InChI is InChI=1S/C21H29N7O.C13H21NO/c1-21(2,3)17-11-15-13-28(20(29)27-18(15)26-17)16-7-5-14(6-8-16)12-24-9-4-10-25-19(22)23;1-13(2,3)11-6-4-5-10(9-11)12(15)7-8-14/h5-8,11,13,24H,4,9-10,12H2,1-3H3,(H4,22,23,25)(H,26,27,29);4-6,9,12,15H,7-8,14H2,1-3H3. The molecule has 0 aliphatic heterocycles. The maximum atomic E-state index is 12.5. The molecule has 0 radical (unpaired) electrons. The summed E-state index contributed by atoms with van der Waals surface area (Å²) in [6.07, 6.45) is 2.89. The second-order valence-corrected chi connectivity index (χ2v) is 13.1. The second-order valence-electron chi connectivity index (χ2n) is 13.1. The van der Waals surface area contributed by atoms with Gasteiger partial charge in [-0.2, -0.15) is 4.98 Å². The van der Waals surface area contributed by atoms with Gasteiger partial charge < -0.3 is 32.6 Å². The highest BCUT2D eigenvalue weighted by atomic mass is 16.3. The number of aromatic nitrogens is 3. The van der Waals surface area contributed by atoms with Gasteiger partial charge in [-0.25, -0.2) is 4.79 Å². The molecule has 4 rings (SSSR count). The molecule has 1 atom stereocenters. The topological polar surface area (TPSA) is 173 Å². The van der Waals surface area contributed by atoms with Gasteiger partial charge in [-0.05, 0) is 66.2 Å². The van der Waals surface area contributed by atoms with E-state index >= 15 is 0 Å². The van der Waals surface area contributed by atoms with Crippen molar-refractivity contribution in [1.82, 2.24) is 19.9 Å². The van der Waals surface area contributed by atoms with Crippen LogP contribution in [0, 0.1) is 0 Å². The molecular weight excluding hydrogens is 552 g/mol. The van der Waals surface area contributed by atoms with Crippen LogP contribution < -0.4 is 28.2 Å². The quantitative estimate of drug-likeness (QED) is 0.0899. The molecule has 0 fully saturated rings. The third-order valence-electron chi connectivity index (χ3n) is 7.24. The van der Waals surface area contributed by atoms with Gasteiger partial charge in [-0.1, -0.05) is 77.9 Å². The minimum atomic E-state index is -0.433. The Morgan fingerprint density at radius 3 is 2.36 bits per heavy atom. The predicted octanol–water partition coefficient (Wildman–Crippen LogP) is 4.13. The van der Waals surface area contributed by atoms with Crippen LogP contribution in [0.25, 0.3) is 16.7 Å². The molecule has 10 heteroatoms. The zero-order valence-corrected chi connectivity index (χ0v) is 27.0. The summed E-state index contributed by atoms with van der Waals surface area (Å²) in [5.74, 6) is 0.123. The Balaban J connectivity index is 0.000000297. The van der Waals surface area contributed by atoms with Crippen LogP contribution in [0.15, 0.2) is 70.6 Å². The first-order chi connectivity index (χ1) is 20.7. The summed E-state index contributed by atoms with van der Waals surface area (Å²) in [5.41, 5.74) is 21.6. The summed E-state index contributed by atoms with van der Waals surface area (Å²) in [7, 11) is 0. The second kappa shape index (κ2) is 15.1. The number of fused-ring (bicyclic) bond motifs is 1. The number of hydrogen-bond acceptors (Lipinski definition) is 6. The minimum Gasteiger partial charge on any atom is -0.388 e. The predicted molar refractivity (Wildman–Crippen MR) is 181 cm³/mol. The van der Waals surface area contributed by atoms with Crippen LogP contribution in [-0.4, -0.2) is 45.2 Å². The van der Waals surface area contributed by atoms with Gasteiger partial charge in [0.05, 0.1) is 11.8 Å². The summed E-state index contributed by atoms with van der Waals surface area (Å²) in [5, 5.41) is 14.1. The lowest BCUT2D eigenvalue weighted by molar-refractivity contribution is 0.170. The lowest BCUT2D eigenvalue weighted by Gasteiger charge is -2.21. The normalized spacial score (nSPS) is 12.5. The van der Waals surface area contributed by atoms with E-state index in [4.69, 9.17) is 17.2 Å². The van der Waals surface area contributed by atoms with E-state index in [2.05, 4.69) is 80.0 Å². The van der Waals surface area contributed by atoms with Gasteiger partial charge in [-0.15, -0.1) is 0 Å². The summed E-state index contributed by atoms with van der Waals surface area (Å²) in [6, 6.07) is 18.0. The number of nitrogens with zero attached hydrogens (tertiary/aromatic N) is 3. The lowest BCUT2D eigenvalue weighted by atomic mass is 9.85. The van der Waals surface area contributed by atoms with Crippen molar-refractivity contribution in [3.63, 3.8) is 0 Å². The van der Waals surface area contributed by atoms with Gasteiger partial charge in [0.2, 0.25) is 0 Å². The molecule has 0 spiro atoms. The molecule has 0 amide bonds. The number of benzene rings is 2. The number of rotatable bonds is 10. The van der Waals surface area contributed by atoms with Crippen molar-refractivity contribution in [2.45, 2.75) is 77.9 Å². The number of aromatic amines is 1. The summed E-state index contributed by atoms with van der Waals surface area (Å²) >= 11 is 0. The van der Waals surface area contributed by atoms with Crippen LogP contribution in [-0.2, 0) is 17.4 Å². The Bertz CT molecular complexity index is 1570. The Kier molecular flexibility index (Phi) is 11.9. The van der Waals surface area contributed by atoms with E-state index in [1.54, 1.807) is 4.57 Å². The Labute approximate surface area is 260 Å². The summed E-state index contributed by atoms with van der Waals surface area (Å²) in [4.78, 5) is 23.9. The van der Waals surface area contributed by atoms with Crippen LogP contribution in [0.1, 0.15) is 82.9 Å². The fraction of sp³-hybridized carbons (Fsp3) is 0.441. The van der Waals surface area contributed by atoms with Crippen LogP contribution in [0.4, 0.5) is 0 Å². The average Bonchev–Trinajstić information content (AvgIpc) is 3.38. The molecule has 238 valence electrons. The number of guanidine groups is 1. The first kappa shape index (κ1) is 34.5. The van der Waals surface area contributed by atoms with Crippen molar-refractivity contribution in [2.24, 2.45) is 22.2 Å². The summed E-state index contributed by atoms with van der Waals surface area (Å²) in [6.45, 7) is 15.6. The molecule has 1 unspecified atom stereocenters. The van der Waals surface area contributed by atoms with E-state index in [1.165, 1.54) is 5.56 Å². The fourth-order valence-electron chi connectivity index (χ4n) is 4.54. The zero-order valence-electron chi connectivity index (χ0n) is 27.0. The molecule has 4 aromatic rings. The number of nitrogens with two attached hydrogens (primary N) is 3. The fourth-order valence-corrected chi connectivity index (χ4v) is 4.54. The molecule has 2 aromatic heterocycles. The highest BCUT2D eigenvalue weighted by Gasteiger charge is 2.18. The van der Waals surface area contributed by atoms with Crippen LogP contribution >= 0.6 is 0 Å². The van der Waals surface area contributed by atoms with Crippen molar-refractivity contribution in [2.75, 3.05) is 19.6 Å². The van der Waals surface area contributed by atoms with Crippen LogP contribution in [0.2, 0.25) is 0 Å². The SMILES string of the molecule is CC(C)(C)c1cc2cn(-c3ccc(CNCCCN=C(N)N)cc3)c(=O)nc2[nH]1.CC(C)(C)c1cccc(C(O)CCN)c1. The number of aliphatic hydroxyl groups is 1. The van der Waals surface area contributed by atoms with Gasteiger partial charge >= 0.3 is 5.69 Å². The number of aliphatic hydroxyl groups excluding tert-OH is 1. The molecule has 0 bridgehead atoms. The van der Waals surface area contributed by atoms with E-state index < -0.39 is 6.10 Å². The Morgan fingerprint density at radius 1 is 1.05 bits per heavy atom. The van der Waals surface area contributed by atoms with Gasteiger partial charge in [0, 0.05) is 35.8 Å². The first-order valence-corrected chi connectivity index (χ1v) is 15.2. The molecule has 0 aliphatic rings. The molecule has 0 saturated carbocycles. The molecule has 9 N–H and O–H groups in total. The molecule has 10 nitrogen and oxygen atoms in total. The number of H-pyrrole nitrogens is 1. The Morgan fingerprint density at radius 2 is 1.75 bits per heavy atom. The van der Waals surface area contributed by atoms with Gasteiger partial charge in [0.1, 0.15) is 5.65 Å². The van der Waals surface area contributed by atoms with E-state index in [0.29, 0.717) is 25.2 Å². The first-order valence-electron chi connectivity index (χ1n) is 15.2.